The predicted molar refractivity (Wildman–Crippen MR) is 108 cm³/mol. The van der Waals surface area contributed by atoms with Crippen molar-refractivity contribution < 1.29 is 14.4 Å². The van der Waals surface area contributed by atoms with Gasteiger partial charge in [0, 0.05) is 30.1 Å². The molecule has 2 saturated heterocycles. The van der Waals surface area contributed by atoms with Crippen molar-refractivity contribution in [2.45, 2.75) is 31.8 Å². The third-order valence-electron chi connectivity index (χ3n) is 5.17. The number of rotatable bonds is 4. The summed E-state index contributed by atoms with van der Waals surface area (Å²) >= 11 is 1.76. The first-order valence-electron chi connectivity index (χ1n) is 9.20. The van der Waals surface area contributed by atoms with Gasteiger partial charge in [0.2, 0.25) is 0 Å². The molecule has 2 aliphatic rings. The summed E-state index contributed by atoms with van der Waals surface area (Å²) in [6, 6.07) is 9.75. The summed E-state index contributed by atoms with van der Waals surface area (Å²) in [7, 11) is -1.47. The Kier molecular flexibility index (Phi) is 4.83. The minimum absolute atomic E-state index is 0.205. The van der Waals surface area contributed by atoms with Crippen molar-refractivity contribution in [3.05, 3.63) is 47.0 Å². The van der Waals surface area contributed by atoms with Gasteiger partial charge in [-0.2, -0.15) is 5.48 Å². The number of carbonyl (C=O) groups excluding carboxylic acids is 1. The smallest absolute Gasteiger partial charge is 0.410 e. The summed E-state index contributed by atoms with van der Waals surface area (Å²) in [6.45, 7) is 8.93. The molecule has 27 heavy (non-hydrogen) atoms. The fourth-order valence-electron chi connectivity index (χ4n) is 3.60. The van der Waals surface area contributed by atoms with Gasteiger partial charge in [-0.25, -0.2) is 4.79 Å². The van der Waals surface area contributed by atoms with Crippen molar-refractivity contribution in [2.75, 3.05) is 19.7 Å². The molecule has 4 rings (SSSR count). The van der Waals surface area contributed by atoms with Crippen LogP contribution in [-0.4, -0.2) is 43.7 Å². The van der Waals surface area contributed by atoms with Crippen molar-refractivity contribution in [1.29, 1.82) is 0 Å². The van der Waals surface area contributed by atoms with E-state index in [4.69, 9.17) is 9.57 Å². The number of nitrogens with zero attached hydrogens (tertiary/aromatic N) is 2. The van der Waals surface area contributed by atoms with Gasteiger partial charge in [-0.1, -0.05) is 50.0 Å². The second-order valence-electron chi connectivity index (χ2n) is 8.28. The van der Waals surface area contributed by atoms with Crippen molar-refractivity contribution in [3.8, 4) is 0 Å². The maximum Gasteiger partial charge on any atom is 0.410 e. The lowest BCUT2D eigenvalue weighted by molar-refractivity contribution is 0.0433. The monoisotopic (exact) mass is 403 g/mol. The molecule has 2 aliphatic heterocycles. The first-order valence-corrected chi connectivity index (χ1v) is 13.5. The maximum atomic E-state index is 12.6. The summed E-state index contributed by atoms with van der Waals surface area (Å²) in [6.07, 6.45) is 1.69. The molecule has 0 saturated carbocycles. The summed E-state index contributed by atoms with van der Waals surface area (Å²) in [4.78, 5) is 25.8. The van der Waals surface area contributed by atoms with Crippen LogP contribution in [0.5, 0.6) is 0 Å². The van der Waals surface area contributed by atoms with E-state index in [-0.39, 0.29) is 24.2 Å². The highest BCUT2D eigenvalue weighted by atomic mass is 32.1. The topological polar surface area (TPSA) is 63.7 Å². The third-order valence-corrected chi connectivity index (χ3v) is 9.71. The Labute approximate surface area is 164 Å². The summed E-state index contributed by atoms with van der Waals surface area (Å²) in [5, 5.41) is 0. The molecule has 6 nitrogen and oxygen atoms in total. The van der Waals surface area contributed by atoms with Gasteiger partial charge < -0.3 is 14.5 Å². The molecule has 0 unspecified atom stereocenters. The molecule has 0 bridgehead atoms. The fraction of sp³-hybridized carbons (Fsp3) is 0.474. The van der Waals surface area contributed by atoms with Gasteiger partial charge in [0.05, 0.1) is 11.2 Å². The first-order chi connectivity index (χ1) is 12.9. The Balaban J connectivity index is 1.48. The van der Waals surface area contributed by atoms with Gasteiger partial charge in [-0.3, -0.25) is 4.98 Å². The second kappa shape index (κ2) is 7.01. The van der Waals surface area contributed by atoms with E-state index in [9.17, 15) is 4.79 Å². The van der Waals surface area contributed by atoms with E-state index in [1.54, 1.807) is 16.2 Å². The highest BCUT2D eigenvalue weighted by molar-refractivity contribution is 7.25. The molecule has 1 amide bonds. The molecule has 2 fully saturated rings. The van der Waals surface area contributed by atoms with Gasteiger partial charge in [0.25, 0.3) is 0 Å². The molecular weight excluding hydrogens is 378 g/mol. The highest BCUT2D eigenvalue weighted by Crippen LogP contribution is 2.42. The van der Waals surface area contributed by atoms with E-state index in [1.165, 1.54) is 4.63 Å². The molecule has 2 atom stereocenters. The number of benzene rings is 1. The zero-order valence-electron chi connectivity index (χ0n) is 15.9. The average molecular weight is 404 g/mol. The zero-order chi connectivity index (χ0) is 19.1. The van der Waals surface area contributed by atoms with Gasteiger partial charge >= 0.3 is 6.09 Å². The molecule has 1 N–H and O–H groups in total. The maximum absolute atomic E-state index is 12.6. The standard InChI is InChI=1S/C19H25N3O3SSi/c1-27(2,3)17-20-9-16(26-17)19-13-22(10-15(19)12-25-21-19)18(23)24-11-14-7-5-4-6-8-14/h4-9,15,21H,10-13H2,1-3H3/t15-,19+/m0/s1. The number of hydrogen-bond donors (Lipinski definition) is 1. The number of likely N-dealkylation sites (tertiary alicyclic amines) is 1. The molecule has 8 heteroatoms. The van der Waals surface area contributed by atoms with Gasteiger partial charge in [-0.15, -0.1) is 11.3 Å². The molecular formula is C19H25N3O3SSi. The van der Waals surface area contributed by atoms with Crippen LogP contribution in [0.4, 0.5) is 4.79 Å². The third kappa shape index (κ3) is 3.54. The number of ether oxygens (including phenoxy) is 1. The van der Waals surface area contributed by atoms with Crippen molar-refractivity contribution in [3.63, 3.8) is 0 Å². The van der Waals surface area contributed by atoms with Crippen molar-refractivity contribution >= 4 is 30.1 Å². The van der Waals surface area contributed by atoms with Crippen LogP contribution in [0, 0.1) is 5.92 Å². The van der Waals surface area contributed by atoms with Gasteiger partial charge in [-0.05, 0) is 5.56 Å². The first kappa shape index (κ1) is 18.6. The van der Waals surface area contributed by atoms with E-state index >= 15 is 0 Å². The molecule has 1 aromatic carbocycles. The summed E-state index contributed by atoms with van der Waals surface area (Å²) in [5.41, 5.74) is 3.82. The molecule has 0 radical (unpaired) electrons. The Bertz CT molecular complexity index is 823. The van der Waals surface area contributed by atoms with E-state index in [0.717, 1.165) is 10.4 Å². The van der Waals surface area contributed by atoms with Gasteiger partial charge in [0.1, 0.15) is 20.2 Å². The van der Waals surface area contributed by atoms with Crippen LogP contribution < -0.4 is 10.1 Å². The van der Waals surface area contributed by atoms with Crippen LogP contribution in [0.25, 0.3) is 0 Å². The number of amides is 1. The van der Waals surface area contributed by atoms with Crippen LogP contribution in [0.3, 0.4) is 0 Å². The molecule has 0 spiro atoms. The second-order valence-corrected chi connectivity index (χ2v) is 14.6. The molecule has 0 aliphatic carbocycles. The lowest BCUT2D eigenvalue weighted by Crippen LogP contribution is -2.43. The number of hydroxylamine groups is 1. The lowest BCUT2D eigenvalue weighted by atomic mass is 9.88. The summed E-state index contributed by atoms with van der Waals surface area (Å²) < 4.78 is 6.76. The molecule has 144 valence electrons. The van der Waals surface area contributed by atoms with Gasteiger partial charge in [0.15, 0.2) is 0 Å². The normalized spacial score (nSPS) is 24.9. The van der Waals surface area contributed by atoms with E-state index in [1.807, 2.05) is 36.5 Å². The van der Waals surface area contributed by atoms with Crippen LogP contribution in [-0.2, 0) is 21.7 Å². The number of nitrogens with one attached hydrogen (secondary N) is 1. The van der Waals surface area contributed by atoms with E-state index < -0.39 is 8.07 Å². The quantitative estimate of drug-likeness (QED) is 0.795. The van der Waals surface area contributed by atoms with Crippen LogP contribution in [0.1, 0.15) is 10.4 Å². The number of fused-ring (bicyclic) bond motifs is 1. The molecule has 1 aromatic heterocycles. The van der Waals surface area contributed by atoms with Crippen molar-refractivity contribution in [1.82, 2.24) is 15.4 Å². The van der Waals surface area contributed by atoms with Crippen LogP contribution in [0.2, 0.25) is 19.6 Å². The highest BCUT2D eigenvalue weighted by Gasteiger charge is 2.55. The van der Waals surface area contributed by atoms with Crippen LogP contribution in [0.15, 0.2) is 36.5 Å². The van der Waals surface area contributed by atoms with E-state index in [2.05, 4.69) is 30.1 Å². The predicted octanol–water partition coefficient (Wildman–Crippen LogP) is 2.69. The summed E-state index contributed by atoms with van der Waals surface area (Å²) in [5.74, 6) is 0.205. The SMILES string of the molecule is C[Si](C)(C)c1ncc([C@@]23CN(C(=O)OCc4ccccc4)C[C@H]2CON3)s1. The zero-order valence-corrected chi connectivity index (χ0v) is 17.7. The number of aromatic nitrogens is 1. The number of thiazole rings is 1. The Morgan fingerprint density at radius 2 is 2.19 bits per heavy atom. The minimum Gasteiger partial charge on any atom is -0.445 e. The Hall–Kier alpha value is -1.74. The largest absolute Gasteiger partial charge is 0.445 e. The average Bonchev–Trinajstić information content (AvgIpc) is 3.33. The van der Waals surface area contributed by atoms with Crippen LogP contribution >= 0.6 is 11.3 Å². The Morgan fingerprint density at radius 3 is 2.89 bits per heavy atom. The van der Waals surface area contributed by atoms with E-state index in [0.29, 0.717) is 19.7 Å². The number of hydrogen-bond acceptors (Lipinski definition) is 6. The minimum atomic E-state index is -1.47. The Morgan fingerprint density at radius 1 is 1.41 bits per heavy atom. The molecule has 3 heterocycles. The number of carbonyl (C=O) groups is 1. The lowest BCUT2D eigenvalue weighted by Gasteiger charge is -2.25. The molecule has 2 aromatic rings. The fourth-order valence-corrected chi connectivity index (χ4v) is 6.48. The van der Waals surface area contributed by atoms with Crippen molar-refractivity contribution in [2.24, 2.45) is 5.92 Å².